The Labute approximate surface area is 162 Å². The Hall–Kier alpha value is -2.95. The smallest absolute Gasteiger partial charge is 0.270 e. The van der Waals surface area contributed by atoms with E-state index in [-0.39, 0.29) is 17.2 Å². The van der Waals surface area contributed by atoms with E-state index in [0.29, 0.717) is 16.1 Å². The van der Waals surface area contributed by atoms with Gasteiger partial charge in [0, 0.05) is 20.6 Å². The van der Waals surface area contributed by atoms with Crippen molar-refractivity contribution in [2.75, 3.05) is 5.43 Å². The summed E-state index contributed by atoms with van der Waals surface area (Å²) in [6.07, 6.45) is 1.51. The number of nitrogens with one attached hydrogen (secondary N) is 2. The molecule has 1 aromatic heterocycles. The monoisotopic (exact) mass is 427 g/mol. The highest BCUT2D eigenvalue weighted by molar-refractivity contribution is 9.10. The second-order valence-corrected chi connectivity index (χ2v) is 6.47. The molecule has 2 aromatic carbocycles. The van der Waals surface area contributed by atoms with E-state index in [1.807, 2.05) is 18.2 Å². The zero-order valence-electron chi connectivity index (χ0n) is 13.2. The lowest BCUT2D eigenvalue weighted by Crippen LogP contribution is -2.16. The Morgan fingerprint density at radius 2 is 2.04 bits per heavy atom. The van der Waals surface area contributed by atoms with Crippen LogP contribution in [-0.4, -0.2) is 16.2 Å². The third kappa shape index (κ3) is 3.99. The summed E-state index contributed by atoms with van der Waals surface area (Å²) < 4.78 is 0.861. The number of rotatable bonds is 4. The fourth-order valence-electron chi connectivity index (χ4n) is 2.21. The zero-order valence-corrected chi connectivity index (χ0v) is 15.5. The van der Waals surface area contributed by atoms with Crippen LogP contribution < -0.4 is 11.0 Å². The first-order valence-corrected chi connectivity index (χ1v) is 8.59. The summed E-state index contributed by atoms with van der Waals surface area (Å²) in [6.45, 7) is 0. The molecule has 6 nitrogen and oxygen atoms in total. The van der Waals surface area contributed by atoms with Gasteiger partial charge in [0.2, 0.25) is 5.95 Å². The molecule has 0 aliphatic rings. The topological polar surface area (TPSA) is 93.9 Å². The summed E-state index contributed by atoms with van der Waals surface area (Å²) in [4.78, 5) is 19.0. The van der Waals surface area contributed by atoms with Gasteiger partial charge in [-0.25, -0.2) is 10.4 Å². The van der Waals surface area contributed by atoms with Gasteiger partial charge in [0.15, 0.2) is 0 Å². The number of benzene rings is 2. The van der Waals surface area contributed by atoms with E-state index in [9.17, 15) is 10.1 Å². The van der Waals surface area contributed by atoms with Gasteiger partial charge in [0.1, 0.15) is 11.6 Å². The lowest BCUT2D eigenvalue weighted by atomic mass is 10.1. The highest BCUT2D eigenvalue weighted by Crippen LogP contribution is 2.20. The Morgan fingerprint density at radius 3 is 2.77 bits per heavy atom. The molecule has 8 heteroatoms. The second kappa shape index (κ2) is 7.95. The van der Waals surface area contributed by atoms with Crippen LogP contribution in [0.15, 0.2) is 62.9 Å². The molecule has 0 atom stereocenters. The summed E-state index contributed by atoms with van der Waals surface area (Å²) >= 11 is 9.46. The van der Waals surface area contributed by atoms with Crippen LogP contribution in [0.25, 0.3) is 11.3 Å². The van der Waals surface area contributed by atoms with Crippen LogP contribution in [0.5, 0.6) is 0 Å². The van der Waals surface area contributed by atoms with Crippen molar-refractivity contribution in [1.82, 2.24) is 9.97 Å². The molecule has 128 valence electrons. The average Bonchev–Trinajstić information content (AvgIpc) is 2.65. The molecule has 3 aromatic rings. The van der Waals surface area contributed by atoms with Gasteiger partial charge in [-0.1, -0.05) is 57.9 Å². The van der Waals surface area contributed by atoms with Gasteiger partial charge in [-0.15, -0.1) is 0 Å². The molecule has 2 N–H and O–H groups in total. The molecular formula is C18H11BrClN5O. The van der Waals surface area contributed by atoms with Crippen molar-refractivity contribution < 1.29 is 0 Å². The molecule has 3 rings (SSSR count). The maximum Gasteiger partial charge on any atom is 0.270 e. The van der Waals surface area contributed by atoms with Gasteiger partial charge in [-0.3, -0.25) is 9.78 Å². The first-order valence-electron chi connectivity index (χ1n) is 7.42. The van der Waals surface area contributed by atoms with Gasteiger partial charge < -0.3 is 0 Å². The molecular weight excluding hydrogens is 418 g/mol. The largest absolute Gasteiger partial charge is 0.290 e. The van der Waals surface area contributed by atoms with Gasteiger partial charge in [-0.2, -0.15) is 10.4 Å². The van der Waals surface area contributed by atoms with E-state index in [0.717, 1.165) is 4.47 Å². The first-order chi connectivity index (χ1) is 12.6. The summed E-state index contributed by atoms with van der Waals surface area (Å²) in [6, 6.07) is 16.3. The molecule has 1 heterocycles. The van der Waals surface area contributed by atoms with Gasteiger partial charge in [0.25, 0.3) is 5.56 Å². The number of anilines is 1. The van der Waals surface area contributed by atoms with Gasteiger partial charge >= 0.3 is 0 Å². The number of nitriles is 1. The molecule has 0 spiro atoms. The number of nitrogens with zero attached hydrogens (tertiary/aromatic N) is 3. The molecule has 0 bridgehead atoms. The number of hydrazone groups is 1. The highest BCUT2D eigenvalue weighted by Gasteiger charge is 2.12. The van der Waals surface area contributed by atoms with Crippen LogP contribution >= 0.6 is 27.5 Å². The summed E-state index contributed by atoms with van der Waals surface area (Å²) in [5, 5.41) is 13.8. The minimum absolute atomic E-state index is 0.0548. The van der Waals surface area contributed by atoms with Crippen LogP contribution in [0.1, 0.15) is 11.1 Å². The van der Waals surface area contributed by atoms with Crippen LogP contribution in [0.3, 0.4) is 0 Å². The number of aromatic amines is 1. The molecule has 0 saturated heterocycles. The van der Waals surface area contributed by atoms with Gasteiger partial charge in [0.05, 0.1) is 11.9 Å². The summed E-state index contributed by atoms with van der Waals surface area (Å²) in [5.74, 6) is 0.121. The number of hydrogen-bond acceptors (Lipinski definition) is 5. The molecule has 0 aliphatic heterocycles. The Morgan fingerprint density at radius 1 is 1.27 bits per heavy atom. The van der Waals surface area contributed by atoms with Crippen molar-refractivity contribution in [3.63, 3.8) is 0 Å². The van der Waals surface area contributed by atoms with Crippen molar-refractivity contribution in [2.24, 2.45) is 5.10 Å². The van der Waals surface area contributed by atoms with Crippen molar-refractivity contribution >= 4 is 39.7 Å². The Kier molecular flexibility index (Phi) is 5.46. The van der Waals surface area contributed by atoms with Gasteiger partial charge in [-0.05, 0) is 18.2 Å². The fraction of sp³-hybridized carbons (Fsp3) is 0. The minimum atomic E-state index is -0.542. The lowest BCUT2D eigenvalue weighted by molar-refractivity contribution is 1.08. The van der Waals surface area contributed by atoms with E-state index in [4.69, 9.17) is 11.6 Å². The third-order valence-corrected chi connectivity index (χ3v) is 4.25. The summed E-state index contributed by atoms with van der Waals surface area (Å²) in [7, 11) is 0. The van der Waals surface area contributed by atoms with E-state index < -0.39 is 5.56 Å². The molecule has 0 fully saturated rings. The Bertz CT molecular complexity index is 1070. The predicted molar refractivity (Wildman–Crippen MR) is 105 cm³/mol. The molecule has 0 aliphatic carbocycles. The van der Waals surface area contributed by atoms with E-state index in [1.165, 1.54) is 6.21 Å². The quantitative estimate of drug-likeness (QED) is 0.482. The zero-order chi connectivity index (χ0) is 18.5. The van der Waals surface area contributed by atoms with Crippen LogP contribution in [0.2, 0.25) is 5.02 Å². The first kappa shape index (κ1) is 17.9. The number of hydrogen-bond donors (Lipinski definition) is 2. The van der Waals surface area contributed by atoms with E-state index in [2.05, 4.69) is 36.4 Å². The number of H-pyrrole nitrogens is 1. The molecule has 0 amide bonds. The second-order valence-electron chi connectivity index (χ2n) is 5.15. The van der Waals surface area contributed by atoms with Crippen molar-refractivity contribution in [3.8, 4) is 17.3 Å². The minimum Gasteiger partial charge on any atom is -0.290 e. The highest BCUT2D eigenvalue weighted by atomic mass is 79.9. The van der Waals surface area contributed by atoms with Crippen molar-refractivity contribution in [2.45, 2.75) is 0 Å². The lowest BCUT2D eigenvalue weighted by Gasteiger charge is -2.06. The van der Waals surface area contributed by atoms with E-state index in [1.54, 1.807) is 36.4 Å². The van der Waals surface area contributed by atoms with Crippen LogP contribution in [0, 0.1) is 11.3 Å². The number of aromatic nitrogens is 2. The standard InChI is InChI=1S/C18H11BrClN5O/c19-13-6-7-15(20)12(8-13)10-22-25-18-23-16(11-4-2-1-3-5-11)14(9-21)17(26)24-18/h1-8,10H,(H2,23,24,25,26). The van der Waals surface area contributed by atoms with Crippen LogP contribution in [-0.2, 0) is 0 Å². The summed E-state index contributed by atoms with van der Waals surface area (Å²) in [5.41, 5.74) is 3.70. The molecule has 0 saturated carbocycles. The maximum atomic E-state index is 12.2. The van der Waals surface area contributed by atoms with Crippen LogP contribution in [0.4, 0.5) is 5.95 Å². The number of halogens is 2. The Balaban J connectivity index is 1.93. The third-order valence-electron chi connectivity index (χ3n) is 3.41. The van der Waals surface area contributed by atoms with E-state index >= 15 is 0 Å². The normalized spacial score (nSPS) is 10.7. The average molecular weight is 429 g/mol. The van der Waals surface area contributed by atoms with Crippen molar-refractivity contribution in [1.29, 1.82) is 5.26 Å². The maximum absolute atomic E-state index is 12.2. The fourth-order valence-corrected chi connectivity index (χ4v) is 2.76. The predicted octanol–water partition coefficient (Wildman–Crippen LogP) is 4.17. The molecule has 0 radical (unpaired) electrons. The molecule has 0 unspecified atom stereocenters. The molecule has 26 heavy (non-hydrogen) atoms. The van der Waals surface area contributed by atoms with Crippen molar-refractivity contribution in [3.05, 3.63) is 79.5 Å². The SMILES string of the molecule is N#Cc1c(-c2ccccc2)nc(NN=Cc2cc(Br)ccc2Cl)[nH]c1=O.